The molecule has 22 heavy (non-hydrogen) atoms. The molecule has 1 aliphatic carbocycles. The molecular weight excluding hydrogens is 276 g/mol. The van der Waals surface area contributed by atoms with Crippen molar-refractivity contribution in [2.24, 2.45) is 17.1 Å². The average molecular weight is 306 g/mol. The van der Waals surface area contributed by atoms with E-state index in [1.165, 1.54) is 19.3 Å². The van der Waals surface area contributed by atoms with E-state index in [-0.39, 0.29) is 11.3 Å². The summed E-state index contributed by atoms with van der Waals surface area (Å²) < 4.78 is 2.12. The second-order valence-electron chi connectivity index (χ2n) is 6.98. The highest BCUT2D eigenvalue weighted by Crippen LogP contribution is 2.38. The van der Waals surface area contributed by atoms with Gasteiger partial charge in [-0.3, -0.25) is 4.79 Å². The minimum Gasteiger partial charge on any atom is -0.356 e. The third kappa shape index (κ3) is 4.57. The number of amides is 1. The minimum absolute atomic E-state index is 0.0481. The first kappa shape index (κ1) is 17.0. The summed E-state index contributed by atoms with van der Waals surface area (Å²) >= 11 is 0. The van der Waals surface area contributed by atoms with Crippen molar-refractivity contribution in [2.75, 3.05) is 13.1 Å². The summed E-state index contributed by atoms with van der Waals surface area (Å²) in [5.41, 5.74) is 6.01. The molecule has 3 N–H and O–H groups in total. The fourth-order valence-corrected chi connectivity index (χ4v) is 3.44. The van der Waals surface area contributed by atoms with Gasteiger partial charge in [0.2, 0.25) is 5.91 Å². The Morgan fingerprint density at radius 3 is 2.77 bits per heavy atom. The van der Waals surface area contributed by atoms with Crippen LogP contribution in [0.25, 0.3) is 0 Å². The van der Waals surface area contributed by atoms with Gasteiger partial charge < -0.3 is 15.6 Å². The quantitative estimate of drug-likeness (QED) is 0.811. The Hall–Kier alpha value is -1.36. The molecule has 1 atom stereocenters. The molecule has 1 amide bonds. The molecule has 0 aliphatic heterocycles. The number of rotatable bonds is 7. The van der Waals surface area contributed by atoms with Gasteiger partial charge in [-0.05, 0) is 37.6 Å². The van der Waals surface area contributed by atoms with Gasteiger partial charge in [0.15, 0.2) is 0 Å². The molecule has 1 heterocycles. The highest BCUT2D eigenvalue weighted by molar-refractivity contribution is 5.76. The number of nitrogens with zero attached hydrogens (tertiary/aromatic N) is 2. The standard InChI is InChI=1S/C17H30N4O/c1-14(12-21-9-8-19-15(21)2)11-20-16(22)10-17(13-18)6-4-3-5-7-17/h8-9,14H,3-7,10-13,18H2,1-2H3,(H,20,22). The lowest BCUT2D eigenvalue weighted by atomic mass is 9.71. The Labute approximate surface area is 133 Å². The van der Waals surface area contributed by atoms with Crippen LogP contribution in [0.5, 0.6) is 0 Å². The monoisotopic (exact) mass is 306 g/mol. The van der Waals surface area contributed by atoms with Crippen LogP contribution in [0.3, 0.4) is 0 Å². The molecule has 0 aromatic carbocycles. The topological polar surface area (TPSA) is 72.9 Å². The van der Waals surface area contributed by atoms with Crippen molar-refractivity contribution in [2.45, 2.75) is 58.9 Å². The largest absolute Gasteiger partial charge is 0.356 e. The Morgan fingerprint density at radius 2 is 2.18 bits per heavy atom. The zero-order valence-corrected chi connectivity index (χ0v) is 14.0. The van der Waals surface area contributed by atoms with Crippen LogP contribution >= 0.6 is 0 Å². The van der Waals surface area contributed by atoms with Gasteiger partial charge in [0, 0.05) is 31.9 Å². The first-order valence-electron chi connectivity index (χ1n) is 8.49. The molecule has 0 saturated heterocycles. The number of hydrogen-bond donors (Lipinski definition) is 2. The Morgan fingerprint density at radius 1 is 1.45 bits per heavy atom. The first-order valence-corrected chi connectivity index (χ1v) is 8.49. The van der Waals surface area contributed by atoms with Crippen molar-refractivity contribution in [3.8, 4) is 0 Å². The maximum absolute atomic E-state index is 12.3. The molecule has 124 valence electrons. The van der Waals surface area contributed by atoms with E-state index in [9.17, 15) is 4.79 Å². The van der Waals surface area contributed by atoms with Crippen molar-refractivity contribution in [1.82, 2.24) is 14.9 Å². The molecule has 1 aromatic rings. The zero-order valence-electron chi connectivity index (χ0n) is 14.0. The summed E-state index contributed by atoms with van der Waals surface area (Å²) in [5.74, 6) is 1.56. The van der Waals surface area contributed by atoms with Gasteiger partial charge in [0.25, 0.3) is 0 Å². The lowest BCUT2D eigenvalue weighted by Crippen LogP contribution is -2.39. The number of imidazole rings is 1. The number of carbonyl (C=O) groups excluding carboxylic acids is 1. The zero-order chi connectivity index (χ0) is 16.0. The molecule has 2 rings (SSSR count). The summed E-state index contributed by atoms with van der Waals surface area (Å²) in [6.07, 6.45) is 10.3. The lowest BCUT2D eigenvalue weighted by Gasteiger charge is -2.35. The van der Waals surface area contributed by atoms with Crippen molar-refractivity contribution in [1.29, 1.82) is 0 Å². The number of aryl methyl sites for hydroxylation is 1. The predicted molar refractivity (Wildman–Crippen MR) is 88.3 cm³/mol. The SMILES string of the molecule is Cc1nccn1CC(C)CNC(=O)CC1(CN)CCCCC1. The molecule has 1 unspecified atom stereocenters. The molecule has 0 bridgehead atoms. The summed E-state index contributed by atoms with van der Waals surface area (Å²) in [4.78, 5) is 16.5. The smallest absolute Gasteiger partial charge is 0.220 e. The van der Waals surface area contributed by atoms with Crippen LogP contribution in [0.4, 0.5) is 0 Å². The summed E-state index contributed by atoms with van der Waals surface area (Å²) in [5, 5.41) is 3.09. The molecular formula is C17H30N4O. The van der Waals surface area contributed by atoms with E-state index in [4.69, 9.17) is 5.73 Å². The molecule has 0 spiro atoms. The van der Waals surface area contributed by atoms with Crippen LogP contribution in [-0.4, -0.2) is 28.5 Å². The molecule has 1 saturated carbocycles. The summed E-state index contributed by atoms with van der Waals surface area (Å²) in [7, 11) is 0. The van der Waals surface area contributed by atoms with E-state index in [2.05, 4.69) is 21.8 Å². The fourth-order valence-electron chi connectivity index (χ4n) is 3.44. The van der Waals surface area contributed by atoms with E-state index in [0.717, 1.165) is 25.2 Å². The number of nitrogens with one attached hydrogen (secondary N) is 1. The van der Waals surface area contributed by atoms with Gasteiger partial charge in [0.05, 0.1) is 0 Å². The Bertz CT molecular complexity index is 477. The first-order chi connectivity index (χ1) is 10.5. The third-order valence-electron chi connectivity index (χ3n) is 4.96. The Kier molecular flexibility index (Phi) is 6.00. The van der Waals surface area contributed by atoms with Crippen molar-refractivity contribution < 1.29 is 4.79 Å². The van der Waals surface area contributed by atoms with E-state index in [1.54, 1.807) is 0 Å². The second-order valence-corrected chi connectivity index (χ2v) is 6.98. The summed E-state index contributed by atoms with van der Waals surface area (Å²) in [6.45, 7) is 6.37. The molecule has 5 heteroatoms. The molecule has 1 aliphatic rings. The molecule has 0 radical (unpaired) electrons. The van der Waals surface area contributed by atoms with Crippen LogP contribution in [0.15, 0.2) is 12.4 Å². The average Bonchev–Trinajstić information content (AvgIpc) is 2.91. The molecule has 5 nitrogen and oxygen atoms in total. The van der Waals surface area contributed by atoms with Crippen LogP contribution in [0.1, 0.15) is 51.3 Å². The normalized spacial score (nSPS) is 18.9. The van der Waals surface area contributed by atoms with Crippen LogP contribution in [0.2, 0.25) is 0 Å². The van der Waals surface area contributed by atoms with Crippen molar-refractivity contribution in [3.05, 3.63) is 18.2 Å². The van der Waals surface area contributed by atoms with Gasteiger partial charge >= 0.3 is 0 Å². The third-order valence-corrected chi connectivity index (χ3v) is 4.96. The van der Waals surface area contributed by atoms with E-state index in [1.807, 2.05) is 19.3 Å². The van der Waals surface area contributed by atoms with Crippen LogP contribution in [0, 0.1) is 18.3 Å². The van der Waals surface area contributed by atoms with Crippen LogP contribution < -0.4 is 11.1 Å². The minimum atomic E-state index is 0.0481. The van der Waals surface area contributed by atoms with Gasteiger partial charge in [-0.2, -0.15) is 0 Å². The van der Waals surface area contributed by atoms with Gasteiger partial charge in [-0.1, -0.05) is 26.2 Å². The van der Waals surface area contributed by atoms with Gasteiger partial charge in [0.1, 0.15) is 5.82 Å². The number of hydrogen-bond acceptors (Lipinski definition) is 3. The van der Waals surface area contributed by atoms with E-state index < -0.39 is 0 Å². The lowest BCUT2D eigenvalue weighted by molar-refractivity contribution is -0.124. The van der Waals surface area contributed by atoms with Crippen molar-refractivity contribution >= 4 is 5.91 Å². The predicted octanol–water partition coefficient (Wildman–Crippen LogP) is 2.24. The van der Waals surface area contributed by atoms with Gasteiger partial charge in [-0.15, -0.1) is 0 Å². The van der Waals surface area contributed by atoms with E-state index >= 15 is 0 Å². The maximum Gasteiger partial charge on any atom is 0.220 e. The number of nitrogens with two attached hydrogens (primary N) is 1. The van der Waals surface area contributed by atoms with Gasteiger partial charge in [-0.25, -0.2) is 4.98 Å². The fraction of sp³-hybridized carbons (Fsp3) is 0.765. The number of carbonyl (C=O) groups is 1. The second kappa shape index (κ2) is 7.77. The maximum atomic E-state index is 12.3. The van der Waals surface area contributed by atoms with E-state index in [0.29, 0.717) is 25.4 Å². The van der Waals surface area contributed by atoms with Crippen LogP contribution in [-0.2, 0) is 11.3 Å². The summed E-state index contributed by atoms with van der Waals surface area (Å²) in [6, 6.07) is 0. The molecule has 1 fully saturated rings. The number of aromatic nitrogens is 2. The van der Waals surface area contributed by atoms with Crippen molar-refractivity contribution in [3.63, 3.8) is 0 Å². The highest BCUT2D eigenvalue weighted by Gasteiger charge is 2.32. The molecule has 1 aromatic heterocycles. The Balaban J connectivity index is 1.76. The highest BCUT2D eigenvalue weighted by atomic mass is 16.1.